The molecule has 0 saturated heterocycles. The Kier molecular flexibility index (Phi) is 4.47. The minimum absolute atomic E-state index is 0.420. The summed E-state index contributed by atoms with van der Waals surface area (Å²) in [5, 5.41) is 6.50. The number of hydrogen-bond acceptors (Lipinski definition) is 5. The molecule has 0 aliphatic carbocycles. The summed E-state index contributed by atoms with van der Waals surface area (Å²) < 4.78 is 0. The topological polar surface area (TPSA) is 50.7 Å². The van der Waals surface area contributed by atoms with Crippen LogP contribution < -0.4 is 5.32 Å². The smallest absolute Gasteiger partial charge is 0.223 e. The van der Waals surface area contributed by atoms with E-state index in [-0.39, 0.29) is 0 Å². The molecule has 2 aromatic rings. The van der Waals surface area contributed by atoms with Crippen LogP contribution in [0.25, 0.3) is 0 Å². The van der Waals surface area contributed by atoms with Gasteiger partial charge in [0.15, 0.2) is 0 Å². The molecule has 19 heavy (non-hydrogen) atoms. The lowest BCUT2D eigenvalue weighted by atomic mass is 10.1. The number of thiazole rings is 1. The van der Waals surface area contributed by atoms with Crippen LogP contribution in [-0.4, -0.2) is 21.5 Å². The van der Waals surface area contributed by atoms with Gasteiger partial charge in [0.2, 0.25) is 5.95 Å². The van der Waals surface area contributed by atoms with Crippen molar-refractivity contribution in [1.29, 1.82) is 0 Å². The first-order chi connectivity index (χ1) is 9.04. The molecule has 0 saturated carbocycles. The molecule has 2 heterocycles. The van der Waals surface area contributed by atoms with E-state index in [1.165, 1.54) is 0 Å². The van der Waals surface area contributed by atoms with Crippen molar-refractivity contribution in [2.45, 2.75) is 40.0 Å². The highest BCUT2D eigenvalue weighted by atomic mass is 32.1. The third-order valence-corrected chi connectivity index (χ3v) is 3.62. The average molecular weight is 276 g/mol. The van der Waals surface area contributed by atoms with Gasteiger partial charge in [-0.25, -0.2) is 15.0 Å². The number of nitrogens with zero attached hydrogens (tertiary/aromatic N) is 3. The zero-order valence-electron chi connectivity index (χ0n) is 11.9. The number of hydrogen-bond donors (Lipinski definition) is 1. The van der Waals surface area contributed by atoms with E-state index in [1.54, 1.807) is 11.3 Å². The highest BCUT2D eigenvalue weighted by molar-refractivity contribution is 7.09. The summed E-state index contributed by atoms with van der Waals surface area (Å²) in [5.74, 6) is 1.14. The zero-order valence-corrected chi connectivity index (χ0v) is 12.7. The fourth-order valence-electron chi connectivity index (χ4n) is 1.79. The molecular weight excluding hydrogens is 256 g/mol. The quantitative estimate of drug-likeness (QED) is 0.910. The van der Waals surface area contributed by atoms with Crippen molar-refractivity contribution in [2.75, 3.05) is 11.9 Å². The normalized spacial score (nSPS) is 11.0. The fourth-order valence-corrected chi connectivity index (χ4v) is 2.44. The number of nitrogens with one attached hydrogen (secondary N) is 1. The maximum Gasteiger partial charge on any atom is 0.223 e. The lowest BCUT2D eigenvalue weighted by molar-refractivity contribution is 0.807. The van der Waals surface area contributed by atoms with Crippen LogP contribution in [0.5, 0.6) is 0 Å². The number of rotatable bonds is 5. The van der Waals surface area contributed by atoms with E-state index in [2.05, 4.69) is 39.5 Å². The Morgan fingerprint density at radius 1 is 1.21 bits per heavy atom. The summed E-state index contributed by atoms with van der Waals surface area (Å²) in [7, 11) is 0. The van der Waals surface area contributed by atoms with Crippen molar-refractivity contribution in [3.63, 3.8) is 0 Å². The number of aromatic nitrogens is 3. The maximum atomic E-state index is 4.53. The predicted octanol–water partition coefficient (Wildman–Crippen LogP) is 3.33. The third kappa shape index (κ3) is 3.99. The second kappa shape index (κ2) is 6.10. The fraction of sp³-hybridized carbons (Fsp3) is 0.500. The van der Waals surface area contributed by atoms with Crippen molar-refractivity contribution in [3.8, 4) is 0 Å². The monoisotopic (exact) mass is 276 g/mol. The largest absolute Gasteiger partial charge is 0.354 e. The van der Waals surface area contributed by atoms with Gasteiger partial charge in [0.1, 0.15) is 0 Å². The van der Waals surface area contributed by atoms with Gasteiger partial charge in [-0.2, -0.15) is 0 Å². The molecular formula is C14H20N4S. The van der Waals surface area contributed by atoms with Gasteiger partial charge in [-0.1, -0.05) is 13.8 Å². The van der Waals surface area contributed by atoms with Gasteiger partial charge in [0, 0.05) is 29.7 Å². The van der Waals surface area contributed by atoms with Crippen LogP contribution in [0.4, 0.5) is 5.95 Å². The van der Waals surface area contributed by atoms with Crippen molar-refractivity contribution in [3.05, 3.63) is 33.5 Å². The van der Waals surface area contributed by atoms with Crippen LogP contribution >= 0.6 is 11.3 Å². The predicted molar refractivity (Wildman–Crippen MR) is 79.9 cm³/mol. The summed E-state index contributed by atoms with van der Waals surface area (Å²) in [5.41, 5.74) is 3.22. The molecule has 2 rings (SSSR count). The molecule has 0 aliphatic heterocycles. The van der Waals surface area contributed by atoms with Crippen molar-refractivity contribution in [1.82, 2.24) is 15.0 Å². The Bertz CT molecular complexity index is 548. The zero-order chi connectivity index (χ0) is 13.8. The first kappa shape index (κ1) is 13.9. The Balaban J connectivity index is 1.95. The molecule has 0 spiro atoms. The van der Waals surface area contributed by atoms with Gasteiger partial charge < -0.3 is 5.32 Å². The Labute approximate surface area is 118 Å². The Morgan fingerprint density at radius 2 is 2.00 bits per heavy atom. The highest BCUT2D eigenvalue weighted by Crippen LogP contribution is 2.14. The van der Waals surface area contributed by atoms with Gasteiger partial charge >= 0.3 is 0 Å². The van der Waals surface area contributed by atoms with E-state index in [4.69, 9.17) is 0 Å². The van der Waals surface area contributed by atoms with E-state index in [0.29, 0.717) is 5.92 Å². The summed E-state index contributed by atoms with van der Waals surface area (Å²) in [4.78, 5) is 13.4. The minimum Gasteiger partial charge on any atom is -0.354 e. The molecule has 4 nitrogen and oxygen atoms in total. The van der Waals surface area contributed by atoms with Crippen LogP contribution in [0.15, 0.2) is 11.4 Å². The van der Waals surface area contributed by atoms with Crippen LogP contribution in [0.3, 0.4) is 0 Å². The lowest BCUT2D eigenvalue weighted by Crippen LogP contribution is -2.10. The van der Waals surface area contributed by atoms with Crippen LogP contribution in [0.1, 0.15) is 41.9 Å². The van der Waals surface area contributed by atoms with E-state index in [1.807, 2.05) is 19.9 Å². The summed E-state index contributed by atoms with van der Waals surface area (Å²) in [6.07, 6.45) is 0.901. The average Bonchev–Trinajstić information content (AvgIpc) is 2.74. The molecule has 5 heteroatoms. The molecule has 0 unspecified atom stereocenters. The Morgan fingerprint density at radius 3 is 2.63 bits per heavy atom. The molecule has 2 aromatic heterocycles. The number of aryl methyl sites for hydroxylation is 2. The minimum atomic E-state index is 0.420. The summed E-state index contributed by atoms with van der Waals surface area (Å²) in [6, 6.07) is 2.04. The molecule has 0 radical (unpaired) electrons. The van der Waals surface area contributed by atoms with E-state index >= 15 is 0 Å². The number of anilines is 1. The van der Waals surface area contributed by atoms with Gasteiger partial charge in [0.25, 0.3) is 0 Å². The maximum absolute atomic E-state index is 4.53. The SMILES string of the molecule is Cc1cc(C(C)C)nc(NCCc2csc(C)n2)n1. The molecule has 0 aromatic carbocycles. The van der Waals surface area contributed by atoms with Crippen LogP contribution in [0, 0.1) is 13.8 Å². The van der Waals surface area contributed by atoms with Gasteiger partial charge in [0.05, 0.1) is 10.7 Å². The van der Waals surface area contributed by atoms with Crippen LogP contribution in [0.2, 0.25) is 0 Å². The molecule has 0 atom stereocenters. The summed E-state index contributed by atoms with van der Waals surface area (Å²) in [6.45, 7) is 9.13. The van der Waals surface area contributed by atoms with Crippen molar-refractivity contribution >= 4 is 17.3 Å². The molecule has 1 N–H and O–H groups in total. The van der Waals surface area contributed by atoms with Crippen molar-refractivity contribution in [2.24, 2.45) is 0 Å². The lowest BCUT2D eigenvalue weighted by Gasteiger charge is -2.09. The van der Waals surface area contributed by atoms with Gasteiger partial charge in [-0.15, -0.1) is 11.3 Å². The van der Waals surface area contributed by atoms with Gasteiger partial charge in [-0.3, -0.25) is 0 Å². The molecule has 0 fully saturated rings. The molecule has 0 aliphatic rings. The standard InChI is InChI=1S/C14H20N4S/c1-9(2)13-7-10(3)16-14(18-13)15-6-5-12-8-19-11(4)17-12/h7-9H,5-6H2,1-4H3,(H,15,16,18). The molecule has 102 valence electrons. The molecule has 0 amide bonds. The van der Waals surface area contributed by atoms with Crippen molar-refractivity contribution < 1.29 is 0 Å². The van der Waals surface area contributed by atoms with E-state index in [0.717, 1.165) is 41.0 Å². The molecule has 0 bridgehead atoms. The highest BCUT2D eigenvalue weighted by Gasteiger charge is 2.05. The van der Waals surface area contributed by atoms with E-state index in [9.17, 15) is 0 Å². The second-order valence-electron chi connectivity index (χ2n) is 4.95. The second-order valence-corrected chi connectivity index (χ2v) is 6.01. The van der Waals surface area contributed by atoms with Crippen LogP contribution in [-0.2, 0) is 6.42 Å². The van der Waals surface area contributed by atoms with E-state index < -0.39 is 0 Å². The first-order valence-electron chi connectivity index (χ1n) is 6.55. The van der Waals surface area contributed by atoms with Gasteiger partial charge in [-0.05, 0) is 25.8 Å². The summed E-state index contributed by atoms with van der Waals surface area (Å²) >= 11 is 1.69. The first-order valence-corrected chi connectivity index (χ1v) is 7.43. The Hall–Kier alpha value is -1.49. The third-order valence-electron chi connectivity index (χ3n) is 2.80.